The number of anilines is 3. The van der Waals surface area contributed by atoms with Crippen LogP contribution in [0.25, 0.3) is 93.7 Å². The second-order valence-corrected chi connectivity index (χ2v) is 18.8. The van der Waals surface area contributed by atoms with E-state index in [9.17, 15) is 0 Å². The third-order valence-corrected chi connectivity index (χ3v) is 14.9. The summed E-state index contributed by atoms with van der Waals surface area (Å²) in [7, 11) is 0. The highest BCUT2D eigenvalue weighted by Crippen LogP contribution is 2.47. The predicted octanol–water partition coefficient (Wildman–Crippen LogP) is 15.6. The van der Waals surface area contributed by atoms with Crippen molar-refractivity contribution in [1.82, 2.24) is 4.40 Å². The Labute approximate surface area is 406 Å². The first-order valence-electron chi connectivity index (χ1n) is 24.2. The van der Waals surface area contributed by atoms with Crippen LogP contribution in [0.5, 0.6) is 11.5 Å². The van der Waals surface area contributed by atoms with Gasteiger partial charge in [-0.15, -0.1) is 0 Å². The second-order valence-electron chi connectivity index (χ2n) is 18.8. The Morgan fingerprint density at radius 3 is 1.49 bits per heavy atom. The van der Waals surface area contributed by atoms with E-state index in [0.717, 1.165) is 56.3 Å². The Hall–Kier alpha value is -9.12. The van der Waals surface area contributed by atoms with Crippen molar-refractivity contribution >= 4 is 78.3 Å². The number of para-hydroxylation sites is 2. The van der Waals surface area contributed by atoms with Crippen molar-refractivity contribution in [3.05, 3.63) is 249 Å². The number of rotatable bonds is 6. The Bertz CT molecular complexity index is 4150. The maximum Gasteiger partial charge on any atom is 0.256 e. The van der Waals surface area contributed by atoms with Gasteiger partial charge in [-0.25, -0.2) is 0 Å². The van der Waals surface area contributed by atoms with E-state index >= 15 is 0 Å². The topological polar surface area (TPSA) is 16.9 Å². The lowest BCUT2D eigenvalue weighted by molar-refractivity contribution is 0.488. The van der Waals surface area contributed by atoms with Crippen LogP contribution in [0.2, 0.25) is 0 Å². The van der Waals surface area contributed by atoms with Crippen LogP contribution in [0.15, 0.2) is 249 Å². The van der Waals surface area contributed by atoms with Gasteiger partial charge in [0, 0.05) is 38.6 Å². The molecule has 0 radical (unpaired) electrons. The van der Waals surface area contributed by atoms with Gasteiger partial charge in [0.15, 0.2) is 0 Å². The summed E-state index contributed by atoms with van der Waals surface area (Å²) < 4.78 is 9.73. The minimum atomic E-state index is -0.107. The van der Waals surface area contributed by atoms with Gasteiger partial charge in [0.05, 0.1) is 16.6 Å². The van der Waals surface area contributed by atoms with Crippen LogP contribution in [0.1, 0.15) is 0 Å². The van der Waals surface area contributed by atoms with E-state index in [4.69, 9.17) is 4.74 Å². The highest BCUT2D eigenvalue weighted by Gasteiger charge is 2.43. The van der Waals surface area contributed by atoms with Crippen LogP contribution in [0.4, 0.5) is 17.1 Å². The Morgan fingerprint density at radius 2 is 0.814 bits per heavy atom. The molecule has 0 N–H and O–H groups in total. The first-order valence-corrected chi connectivity index (χ1v) is 24.2. The molecule has 15 rings (SSSR count). The van der Waals surface area contributed by atoms with E-state index in [-0.39, 0.29) is 6.71 Å². The Morgan fingerprint density at radius 1 is 0.300 bits per heavy atom. The molecular formula is C66H41BN2O. The lowest BCUT2D eigenvalue weighted by Gasteiger charge is -2.41. The average molecular weight is 889 g/mol. The summed E-state index contributed by atoms with van der Waals surface area (Å²) >= 11 is 0. The fraction of sp³-hybridized carbons (Fsp3) is 0. The molecule has 70 heavy (non-hydrogen) atoms. The quantitative estimate of drug-likeness (QED) is 0.155. The summed E-state index contributed by atoms with van der Waals surface area (Å²) in [5.41, 5.74) is 22.3. The van der Waals surface area contributed by atoms with E-state index in [1.54, 1.807) is 0 Å². The molecule has 0 spiro atoms. The van der Waals surface area contributed by atoms with E-state index in [1.165, 1.54) is 82.4 Å². The number of nitrogens with zero attached hydrogens (tertiary/aromatic N) is 2. The number of ether oxygens (including phenoxy) is 1. The molecular weight excluding hydrogens is 848 g/mol. The third-order valence-electron chi connectivity index (χ3n) is 14.9. The van der Waals surface area contributed by atoms with Gasteiger partial charge in [-0.3, -0.25) is 0 Å². The van der Waals surface area contributed by atoms with Crippen molar-refractivity contribution in [2.75, 3.05) is 4.90 Å². The van der Waals surface area contributed by atoms with Gasteiger partial charge < -0.3 is 14.0 Å². The fourth-order valence-electron chi connectivity index (χ4n) is 11.8. The lowest BCUT2D eigenvalue weighted by Crippen LogP contribution is -2.59. The zero-order valence-corrected chi connectivity index (χ0v) is 38.1. The van der Waals surface area contributed by atoms with Crippen LogP contribution in [-0.4, -0.2) is 11.1 Å². The molecule has 4 heterocycles. The van der Waals surface area contributed by atoms with Crippen LogP contribution in [-0.2, 0) is 0 Å². The maximum absolute atomic E-state index is 7.27. The molecule has 0 atom stereocenters. The van der Waals surface area contributed by atoms with Gasteiger partial charge in [-0.05, 0) is 133 Å². The summed E-state index contributed by atoms with van der Waals surface area (Å²) in [6.45, 7) is -0.107. The second kappa shape index (κ2) is 15.2. The molecule has 2 aromatic heterocycles. The van der Waals surface area contributed by atoms with Crippen molar-refractivity contribution in [3.63, 3.8) is 0 Å². The predicted molar refractivity (Wildman–Crippen MR) is 294 cm³/mol. The van der Waals surface area contributed by atoms with Gasteiger partial charge in [0.1, 0.15) is 11.5 Å². The number of hydrogen-bond acceptors (Lipinski definition) is 2. The lowest BCUT2D eigenvalue weighted by atomic mass is 9.34. The van der Waals surface area contributed by atoms with E-state index in [1.807, 2.05) is 0 Å². The molecule has 324 valence electrons. The zero-order chi connectivity index (χ0) is 45.9. The van der Waals surface area contributed by atoms with Crippen molar-refractivity contribution < 1.29 is 4.74 Å². The number of aromatic nitrogens is 1. The molecule has 0 fully saturated rings. The standard InChI is InChI=1S/C66H41BN2O/c1-5-16-42(17-6-1)47-29-32-61-57(38-47)67-58-39-48(43-18-7-2-8-19-43)30-33-63(58)70-64-41-51(46-28-31-60-56(37-46)55-26-15-25-54-53-24-13-14-27-59(53)69(60)66(54)55)40-62(65(64)67)68(61)52-35-49(44-20-9-3-10-21-44)34-50(36-52)45-22-11-4-12-23-45/h1-41H. The minimum Gasteiger partial charge on any atom is -0.458 e. The minimum absolute atomic E-state index is 0.107. The smallest absolute Gasteiger partial charge is 0.256 e. The van der Waals surface area contributed by atoms with E-state index in [0.29, 0.717) is 0 Å². The highest BCUT2D eigenvalue weighted by molar-refractivity contribution is 6.99. The summed E-state index contributed by atoms with van der Waals surface area (Å²) in [4.78, 5) is 2.52. The molecule has 4 heteroatoms. The van der Waals surface area contributed by atoms with Gasteiger partial charge in [-0.1, -0.05) is 188 Å². The van der Waals surface area contributed by atoms with Gasteiger partial charge in [0.25, 0.3) is 6.71 Å². The summed E-state index contributed by atoms with van der Waals surface area (Å²) in [6, 6.07) is 91.3. The van der Waals surface area contributed by atoms with Crippen molar-refractivity contribution in [2.24, 2.45) is 0 Å². The molecule has 0 saturated heterocycles. The molecule has 0 saturated carbocycles. The first-order chi connectivity index (χ1) is 34.7. The molecule has 0 aliphatic carbocycles. The summed E-state index contributed by atoms with van der Waals surface area (Å²) in [5, 5.41) is 5.08. The molecule has 3 nitrogen and oxygen atoms in total. The molecule has 0 bridgehead atoms. The van der Waals surface area contributed by atoms with Gasteiger partial charge in [0.2, 0.25) is 0 Å². The van der Waals surface area contributed by atoms with Crippen LogP contribution >= 0.6 is 0 Å². The Kier molecular flexibility index (Phi) is 8.45. The highest BCUT2D eigenvalue weighted by atomic mass is 16.5. The largest absolute Gasteiger partial charge is 0.458 e. The molecule has 2 aliphatic heterocycles. The summed E-state index contributed by atoms with van der Waals surface area (Å²) in [6.07, 6.45) is 0. The van der Waals surface area contributed by atoms with Crippen LogP contribution in [0, 0.1) is 0 Å². The number of benzene rings is 11. The first kappa shape index (κ1) is 38.9. The van der Waals surface area contributed by atoms with E-state index in [2.05, 4.69) is 258 Å². The SMILES string of the molecule is c1ccc(-c2cc(-c3ccccc3)cc(N3c4ccc(-c5ccccc5)cc4B4c5cc(-c6ccccc6)ccc5Oc5cc(-c6ccc7c(c6)c6cccc8c9ccccc9n7c86)cc3c54)c2)cc1. The summed E-state index contributed by atoms with van der Waals surface area (Å²) in [5.74, 6) is 1.76. The Balaban J connectivity index is 1.01. The molecule has 0 amide bonds. The average Bonchev–Trinajstić information content (AvgIpc) is 3.96. The maximum atomic E-state index is 7.27. The van der Waals surface area contributed by atoms with Crippen LogP contribution < -0.4 is 26.0 Å². The monoisotopic (exact) mass is 888 g/mol. The fourth-order valence-corrected chi connectivity index (χ4v) is 11.8. The molecule has 2 aliphatic rings. The van der Waals surface area contributed by atoms with Crippen LogP contribution in [0.3, 0.4) is 0 Å². The zero-order valence-electron chi connectivity index (χ0n) is 38.1. The molecule has 11 aromatic carbocycles. The molecule has 13 aromatic rings. The van der Waals surface area contributed by atoms with Crippen molar-refractivity contribution in [1.29, 1.82) is 0 Å². The van der Waals surface area contributed by atoms with Crippen molar-refractivity contribution in [2.45, 2.75) is 0 Å². The van der Waals surface area contributed by atoms with E-state index < -0.39 is 0 Å². The molecule has 0 unspecified atom stereocenters. The van der Waals surface area contributed by atoms with Crippen molar-refractivity contribution in [3.8, 4) is 67.1 Å². The van der Waals surface area contributed by atoms with Gasteiger partial charge in [-0.2, -0.15) is 0 Å². The third kappa shape index (κ3) is 5.90. The normalized spacial score (nSPS) is 12.6. The number of hydrogen-bond donors (Lipinski definition) is 0. The van der Waals surface area contributed by atoms with Gasteiger partial charge >= 0.3 is 0 Å². The number of fused-ring (bicyclic) bond motifs is 10.